The van der Waals surface area contributed by atoms with Gasteiger partial charge in [0.05, 0.1) is 11.3 Å². The second-order valence-electron chi connectivity index (χ2n) is 3.86. The molecule has 0 saturated carbocycles. The van der Waals surface area contributed by atoms with E-state index in [0.29, 0.717) is 11.1 Å². The fourth-order valence-corrected chi connectivity index (χ4v) is 2.09. The maximum atomic E-state index is 12.9. The summed E-state index contributed by atoms with van der Waals surface area (Å²) >= 11 is 2.98. The van der Waals surface area contributed by atoms with Crippen molar-refractivity contribution in [2.75, 3.05) is 0 Å². The predicted molar refractivity (Wildman–Crippen MR) is 67.3 cm³/mol. The van der Waals surface area contributed by atoms with Crippen molar-refractivity contribution in [2.45, 2.75) is 11.5 Å². The van der Waals surface area contributed by atoms with Crippen LogP contribution in [0.25, 0.3) is 11.1 Å². The smallest absolute Gasteiger partial charge is 0.259 e. The number of aromatic nitrogens is 1. The Balaban J connectivity index is 2.52. The zero-order chi connectivity index (χ0) is 14.0. The standard InChI is InChI=1S/C13H8BrF4N/c14-6-12-11(13(16,17)18)5-9(7-19-12)8-1-3-10(15)4-2-8/h1-5,7H,6H2. The van der Waals surface area contributed by atoms with Gasteiger partial charge in [0.15, 0.2) is 0 Å². The molecule has 2 aromatic rings. The van der Waals surface area contributed by atoms with E-state index in [1.54, 1.807) is 0 Å². The Morgan fingerprint density at radius 3 is 2.21 bits per heavy atom. The van der Waals surface area contributed by atoms with Crippen LogP contribution < -0.4 is 0 Å². The van der Waals surface area contributed by atoms with Crippen molar-refractivity contribution >= 4 is 15.9 Å². The monoisotopic (exact) mass is 333 g/mol. The van der Waals surface area contributed by atoms with Crippen LogP contribution in [0, 0.1) is 5.82 Å². The van der Waals surface area contributed by atoms with Gasteiger partial charge in [0.25, 0.3) is 0 Å². The van der Waals surface area contributed by atoms with Crippen LogP contribution in [0.4, 0.5) is 17.6 Å². The van der Waals surface area contributed by atoms with Crippen LogP contribution in [0.1, 0.15) is 11.3 Å². The van der Waals surface area contributed by atoms with Crippen LogP contribution in [0.15, 0.2) is 36.5 Å². The van der Waals surface area contributed by atoms with Crippen LogP contribution >= 0.6 is 15.9 Å². The van der Waals surface area contributed by atoms with E-state index in [0.717, 1.165) is 6.07 Å². The molecule has 0 spiro atoms. The summed E-state index contributed by atoms with van der Waals surface area (Å²) in [5, 5.41) is 0.0194. The number of nitrogens with zero attached hydrogens (tertiary/aromatic N) is 1. The van der Waals surface area contributed by atoms with Gasteiger partial charge < -0.3 is 0 Å². The second kappa shape index (κ2) is 5.28. The van der Waals surface area contributed by atoms with E-state index in [4.69, 9.17) is 0 Å². The normalized spacial score (nSPS) is 11.6. The molecule has 0 radical (unpaired) electrons. The SMILES string of the molecule is Fc1ccc(-c2cnc(CBr)c(C(F)(F)F)c2)cc1. The van der Waals surface area contributed by atoms with Crippen LogP contribution in [0.5, 0.6) is 0 Å². The topological polar surface area (TPSA) is 12.9 Å². The molecular formula is C13H8BrF4N. The zero-order valence-electron chi connectivity index (χ0n) is 9.51. The summed E-state index contributed by atoms with van der Waals surface area (Å²) in [6.07, 6.45) is -3.12. The highest BCUT2D eigenvalue weighted by molar-refractivity contribution is 9.08. The van der Waals surface area contributed by atoms with Gasteiger partial charge in [-0.05, 0) is 23.8 Å². The molecule has 2 rings (SSSR count). The van der Waals surface area contributed by atoms with E-state index in [9.17, 15) is 17.6 Å². The lowest BCUT2D eigenvalue weighted by molar-refractivity contribution is -0.138. The van der Waals surface area contributed by atoms with Gasteiger partial charge in [0.1, 0.15) is 5.82 Å². The maximum Gasteiger partial charge on any atom is 0.418 e. The minimum Gasteiger partial charge on any atom is -0.259 e. The summed E-state index contributed by atoms with van der Waals surface area (Å²) in [6, 6.07) is 6.25. The van der Waals surface area contributed by atoms with Crippen molar-refractivity contribution < 1.29 is 17.6 Å². The number of benzene rings is 1. The second-order valence-corrected chi connectivity index (χ2v) is 4.42. The summed E-state index contributed by atoms with van der Waals surface area (Å²) in [5.74, 6) is -0.440. The Kier molecular flexibility index (Phi) is 3.89. The summed E-state index contributed by atoms with van der Waals surface area (Å²) in [5.41, 5.74) is -0.0675. The van der Waals surface area contributed by atoms with Gasteiger partial charge in [0, 0.05) is 17.1 Å². The Bertz CT molecular complexity index is 578. The average Bonchev–Trinajstić information content (AvgIpc) is 2.38. The number of hydrogen-bond acceptors (Lipinski definition) is 1. The molecule has 1 nitrogen and oxygen atoms in total. The third-order valence-corrected chi connectivity index (χ3v) is 3.11. The molecule has 0 saturated heterocycles. The third-order valence-electron chi connectivity index (χ3n) is 2.58. The molecule has 100 valence electrons. The molecular weight excluding hydrogens is 326 g/mol. The first kappa shape index (κ1) is 14.0. The number of pyridine rings is 1. The number of rotatable bonds is 2. The highest BCUT2D eigenvalue weighted by atomic mass is 79.9. The molecule has 0 amide bonds. The Morgan fingerprint density at radius 1 is 1.05 bits per heavy atom. The van der Waals surface area contributed by atoms with Crippen molar-refractivity contribution in [1.29, 1.82) is 0 Å². The Hall–Kier alpha value is -1.43. The van der Waals surface area contributed by atoms with Crippen molar-refractivity contribution in [1.82, 2.24) is 4.98 Å². The fourth-order valence-electron chi connectivity index (χ4n) is 1.65. The zero-order valence-corrected chi connectivity index (χ0v) is 11.1. The van der Waals surface area contributed by atoms with Crippen LogP contribution in [-0.4, -0.2) is 4.98 Å². The molecule has 0 fully saturated rings. The molecule has 0 N–H and O–H groups in total. The predicted octanol–water partition coefficient (Wildman–Crippen LogP) is 4.80. The van der Waals surface area contributed by atoms with Crippen molar-refractivity contribution in [3.63, 3.8) is 0 Å². The third kappa shape index (κ3) is 3.12. The summed E-state index contributed by atoms with van der Waals surface area (Å²) in [7, 11) is 0. The Morgan fingerprint density at radius 2 is 1.68 bits per heavy atom. The molecule has 0 unspecified atom stereocenters. The molecule has 0 aliphatic rings. The minimum absolute atomic E-state index is 0.0194. The van der Waals surface area contributed by atoms with Crippen LogP contribution in [-0.2, 0) is 11.5 Å². The quantitative estimate of drug-likeness (QED) is 0.568. The molecule has 1 aromatic carbocycles. The van der Waals surface area contributed by atoms with Gasteiger partial charge in [-0.15, -0.1) is 0 Å². The van der Waals surface area contributed by atoms with Gasteiger partial charge in [-0.1, -0.05) is 28.1 Å². The van der Waals surface area contributed by atoms with E-state index in [1.807, 2.05) is 0 Å². The molecule has 0 aliphatic carbocycles. The average molecular weight is 334 g/mol. The molecule has 1 heterocycles. The molecule has 0 bridgehead atoms. The van der Waals surface area contributed by atoms with Gasteiger partial charge in [-0.25, -0.2) is 4.39 Å². The van der Waals surface area contributed by atoms with Gasteiger partial charge in [0.2, 0.25) is 0 Å². The number of halogens is 5. The fraction of sp³-hybridized carbons (Fsp3) is 0.154. The largest absolute Gasteiger partial charge is 0.418 e. The summed E-state index contributed by atoms with van der Waals surface area (Å²) in [4.78, 5) is 3.80. The molecule has 0 atom stereocenters. The molecule has 6 heteroatoms. The van der Waals surface area contributed by atoms with Crippen LogP contribution in [0.2, 0.25) is 0 Å². The van der Waals surface area contributed by atoms with Crippen molar-refractivity contribution in [3.05, 3.63) is 53.6 Å². The lowest BCUT2D eigenvalue weighted by Crippen LogP contribution is -2.10. The molecule has 19 heavy (non-hydrogen) atoms. The van der Waals surface area contributed by atoms with Crippen LogP contribution in [0.3, 0.4) is 0 Å². The first-order chi connectivity index (χ1) is 8.91. The molecule has 1 aromatic heterocycles. The number of hydrogen-bond donors (Lipinski definition) is 0. The first-order valence-corrected chi connectivity index (χ1v) is 6.42. The number of alkyl halides is 4. The van der Waals surface area contributed by atoms with E-state index in [2.05, 4.69) is 20.9 Å². The van der Waals surface area contributed by atoms with E-state index in [1.165, 1.54) is 30.5 Å². The van der Waals surface area contributed by atoms with Gasteiger partial charge in [-0.3, -0.25) is 4.98 Å². The molecule has 0 aliphatic heterocycles. The highest BCUT2D eigenvalue weighted by Gasteiger charge is 2.34. The van der Waals surface area contributed by atoms with Crippen molar-refractivity contribution in [2.24, 2.45) is 0 Å². The lowest BCUT2D eigenvalue weighted by Gasteiger charge is -2.12. The lowest BCUT2D eigenvalue weighted by atomic mass is 10.0. The van der Waals surface area contributed by atoms with E-state index < -0.39 is 17.6 Å². The summed E-state index contributed by atoms with van der Waals surface area (Å²) in [6.45, 7) is 0. The van der Waals surface area contributed by atoms with Gasteiger partial charge >= 0.3 is 6.18 Å². The highest BCUT2D eigenvalue weighted by Crippen LogP contribution is 2.34. The minimum atomic E-state index is -4.47. The first-order valence-electron chi connectivity index (χ1n) is 5.30. The maximum absolute atomic E-state index is 12.9. The van der Waals surface area contributed by atoms with Gasteiger partial charge in [-0.2, -0.15) is 13.2 Å². The Labute approximate surface area is 115 Å². The van der Waals surface area contributed by atoms with E-state index >= 15 is 0 Å². The summed E-state index contributed by atoms with van der Waals surface area (Å²) < 4.78 is 51.4. The van der Waals surface area contributed by atoms with E-state index in [-0.39, 0.29) is 11.0 Å². The van der Waals surface area contributed by atoms with Crippen molar-refractivity contribution in [3.8, 4) is 11.1 Å².